The number of hydrogen-bond acceptors (Lipinski definition) is 13. The fourth-order valence-corrected chi connectivity index (χ4v) is 5.65. The van der Waals surface area contributed by atoms with Crippen LogP contribution in [0.5, 0.6) is 23.1 Å². The molecular weight excluding hydrogens is 628 g/mol. The second-order valence-corrected chi connectivity index (χ2v) is 12.0. The van der Waals surface area contributed by atoms with Crippen LogP contribution in [0.15, 0.2) is 37.1 Å². The van der Waals surface area contributed by atoms with Crippen LogP contribution < -0.4 is 36.7 Å². The first-order chi connectivity index (χ1) is 23.2. The predicted octanol–water partition coefficient (Wildman–Crippen LogP) is -3.77. The molecule has 0 spiro atoms. The van der Waals surface area contributed by atoms with Gasteiger partial charge in [-0.1, -0.05) is 23.0 Å². The summed E-state index contributed by atoms with van der Waals surface area (Å²) in [5.41, 5.74) is 1.88. The van der Waals surface area contributed by atoms with Crippen LogP contribution in [0.25, 0.3) is 17.1 Å². The van der Waals surface area contributed by atoms with E-state index in [1.807, 2.05) is 0 Å². The highest BCUT2D eigenvalue weighted by Crippen LogP contribution is 2.43. The lowest BCUT2D eigenvalue weighted by molar-refractivity contribution is -0.111. The molecule has 1 atom stereocenters. The number of phenolic OH excluding ortho intramolecular Hbond substituents is 2. The molecule has 2 aromatic heterocycles. The minimum atomic E-state index is -1.78. The number of anilines is 4. The monoisotopic (exact) mass is 666 g/mol. The SMILES string of the molecule is Bc1c(B)c(O)c(O)c(-c2nn(-c3ccnc(Nc4cc(NC(=O)C=C)c(N5CCOCC5)cc4OC)n3)c(O)c2C(B)(O)N(C)C)c1B. The molecule has 49 heavy (non-hydrogen) atoms. The lowest BCUT2D eigenvalue weighted by Crippen LogP contribution is -2.43. The number of nitrogens with one attached hydrogen (secondary N) is 2. The zero-order valence-electron chi connectivity index (χ0n) is 28.6. The Labute approximate surface area is 287 Å². The average molecular weight is 666 g/mol. The highest BCUT2D eigenvalue weighted by molar-refractivity contribution is 6.59. The third-order valence-electron chi connectivity index (χ3n) is 8.98. The van der Waals surface area contributed by atoms with Crippen molar-refractivity contribution in [2.45, 2.75) is 5.62 Å². The van der Waals surface area contributed by atoms with Gasteiger partial charge in [0.15, 0.2) is 25.2 Å². The van der Waals surface area contributed by atoms with Crippen molar-refractivity contribution in [3.63, 3.8) is 0 Å². The normalized spacial score (nSPS) is 14.3. The van der Waals surface area contributed by atoms with E-state index in [-0.39, 0.29) is 34.3 Å². The van der Waals surface area contributed by atoms with Crippen molar-refractivity contribution in [1.29, 1.82) is 0 Å². The summed E-state index contributed by atoms with van der Waals surface area (Å²) in [6, 6.07) is 5.01. The summed E-state index contributed by atoms with van der Waals surface area (Å²) < 4.78 is 12.3. The number of benzene rings is 2. The molecule has 3 heterocycles. The second-order valence-electron chi connectivity index (χ2n) is 12.0. The molecule has 0 aliphatic carbocycles. The molecule has 1 aliphatic rings. The van der Waals surface area contributed by atoms with Gasteiger partial charge in [-0.3, -0.25) is 9.69 Å². The quantitative estimate of drug-likeness (QED) is 0.0420. The Balaban J connectivity index is 1.63. The molecule has 0 bridgehead atoms. The first kappa shape index (κ1) is 35.2. The third kappa shape index (κ3) is 6.51. The van der Waals surface area contributed by atoms with E-state index in [9.17, 15) is 25.2 Å². The van der Waals surface area contributed by atoms with Gasteiger partial charge in [0.2, 0.25) is 17.7 Å². The summed E-state index contributed by atoms with van der Waals surface area (Å²) in [7, 11) is 11.5. The van der Waals surface area contributed by atoms with Crippen molar-refractivity contribution in [2.75, 3.05) is 63.0 Å². The summed E-state index contributed by atoms with van der Waals surface area (Å²) in [5.74, 6) is -0.941. The van der Waals surface area contributed by atoms with Crippen LogP contribution in [-0.4, -0.2) is 130 Å². The number of rotatable bonds is 10. The summed E-state index contributed by atoms with van der Waals surface area (Å²) in [6.45, 7) is 5.88. The molecule has 6 N–H and O–H groups in total. The third-order valence-corrected chi connectivity index (χ3v) is 8.98. The molecule has 1 aliphatic heterocycles. The summed E-state index contributed by atoms with van der Waals surface area (Å²) in [5, 5.41) is 55.8. The van der Waals surface area contributed by atoms with Gasteiger partial charge in [-0.2, -0.15) is 14.8 Å². The molecule has 19 heteroatoms. The van der Waals surface area contributed by atoms with Gasteiger partial charge in [-0.25, -0.2) is 4.98 Å². The zero-order valence-corrected chi connectivity index (χ0v) is 28.6. The molecule has 1 fully saturated rings. The number of carbonyl (C=O) groups is 1. The number of nitrogens with zero attached hydrogens (tertiary/aromatic N) is 6. The lowest BCUT2D eigenvalue weighted by atomic mass is 9.68. The van der Waals surface area contributed by atoms with Gasteiger partial charge in [-0.15, -0.1) is 0 Å². The molecule has 5 rings (SSSR count). The van der Waals surface area contributed by atoms with Gasteiger partial charge in [0.05, 0.1) is 42.9 Å². The molecule has 1 amide bonds. The molecule has 0 saturated carbocycles. The van der Waals surface area contributed by atoms with Crippen molar-refractivity contribution in [1.82, 2.24) is 24.6 Å². The van der Waals surface area contributed by atoms with E-state index >= 15 is 0 Å². The fourth-order valence-electron chi connectivity index (χ4n) is 5.65. The van der Waals surface area contributed by atoms with Crippen molar-refractivity contribution in [2.24, 2.45) is 0 Å². The van der Waals surface area contributed by atoms with E-state index in [0.29, 0.717) is 59.8 Å². The van der Waals surface area contributed by atoms with Crippen LogP contribution in [0.3, 0.4) is 0 Å². The van der Waals surface area contributed by atoms with Gasteiger partial charge in [-0.05, 0) is 26.2 Å². The van der Waals surface area contributed by atoms with E-state index in [4.69, 9.17) is 9.47 Å². The summed E-state index contributed by atoms with van der Waals surface area (Å²) in [6.07, 6.45) is 2.63. The molecule has 1 saturated heterocycles. The average Bonchev–Trinajstić information content (AvgIpc) is 3.43. The Hall–Kier alpha value is -5.12. The summed E-state index contributed by atoms with van der Waals surface area (Å²) >= 11 is 0. The Kier molecular flexibility index (Phi) is 9.90. The maximum absolute atomic E-state index is 12.4. The fraction of sp³-hybridized carbons (Fsp3) is 0.267. The van der Waals surface area contributed by atoms with Gasteiger partial charge >= 0.3 is 0 Å². The van der Waals surface area contributed by atoms with Crippen molar-refractivity contribution in [3.05, 3.63) is 42.6 Å². The maximum Gasteiger partial charge on any atom is 0.247 e. The first-order valence-electron chi connectivity index (χ1n) is 15.5. The largest absolute Gasteiger partial charge is 0.505 e. The molecule has 2 aromatic carbocycles. The van der Waals surface area contributed by atoms with Crippen LogP contribution in [-0.2, 0) is 15.2 Å². The van der Waals surface area contributed by atoms with E-state index < -0.39 is 23.2 Å². The number of ether oxygens (including phenoxy) is 2. The van der Waals surface area contributed by atoms with Gasteiger partial charge in [0.25, 0.3) is 0 Å². The lowest BCUT2D eigenvalue weighted by Gasteiger charge is -2.31. The number of aliphatic hydroxyl groups is 1. The highest BCUT2D eigenvalue weighted by atomic mass is 16.5. The standard InChI is InChI=1S/C30H38B4N8O7/c1-5-19(43)36-14-12-15(17(48-4)13-16(14)41-8-10-49-11-9-41)37-29-35-7-6-18(38-29)42-28(46)21(30(34,47)40(2)3)25(39-42)20-22(31)23(32)24(33)27(45)26(20)44/h5-7,12-13,44-47H,1,8-11,31-34H2,2-4H3,(H,36,43)(H,35,37,38). The minimum Gasteiger partial charge on any atom is -0.505 e. The Morgan fingerprint density at radius 2 is 1.80 bits per heavy atom. The number of hydrogen-bond donors (Lipinski definition) is 6. The molecule has 1 unspecified atom stereocenters. The zero-order chi connectivity index (χ0) is 35.8. The Morgan fingerprint density at radius 1 is 1.10 bits per heavy atom. The van der Waals surface area contributed by atoms with E-state index in [2.05, 4.69) is 37.2 Å². The number of methoxy groups -OCH3 is 1. The number of aromatic nitrogens is 4. The van der Waals surface area contributed by atoms with E-state index in [1.165, 1.54) is 38.2 Å². The number of morpholine rings is 1. The molecule has 0 radical (unpaired) electrons. The maximum atomic E-state index is 12.4. The molecule has 15 nitrogen and oxygen atoms in total. The van der Waals surface area contributed by atoms with Crippen molar-refractivity contribution >= 4 is 76.7 Å². The van der Waals surface area contributed by atoms with Crippen LogP contribution in [0.4, 0.5) is 23.0 Å². The van der Waals surface area contributed by atoms with Crippen molar-refractivity contribution < 1.29 is 34.7 Å². The van der Waals surface area contributed by atoms with Crippen LogP contribution >= 0.6 is 0 Å². The number of phenols is 2. The van der Waals surface area contributed by atoms with E-state index in [1.54, 1.807) is 49.8 Å². The molecule has 4 aromatic rings. The van der Waals surface area contributed by atoms with Gasteiger partial charge < -0.3 is 45.4 Å². The van der Waals surface area contributed by atoms with Crippen molar-refractivity contribution in [3.8, 4) is 40.2 Å². The van der Waals surface area contributed by atoms with Gasteiger partial charge in [0, 0.05) is 37.0 Å². The summed E-state index contributed by atoms with van der Waals surface area (Å²) in [4.78, 5) is 24.9. The molecule has 252 valence electrons. The van der Waals surface area contributed by atoms with E-state index in [0.717, 1.165) is 10.4 Å². The van der Waals surface area contributed by atoms with Crippen LogP contribution in [0.2, 0.25) is 0 Å². The second kappa shape index (κ2) is 13.8. The van der Waals surface area contributed by atoms with Crippen LogP contribution in [0, 0.1) is 0 Å². The molecular formula is C30H38B4N8O7. The highest BCUT2D eigenvalue weighted by Gasteiger charge is 2.38. The number of aromatic hydroxyl groups is 3. The number of carbonyl (C=O) groups excluding carboxylic acids is 1. The Bertz CT molecular complexity index is 1900. The van der Waals surface area contributed by atoms with Gasteiger partial charge in [0.1, 0.15) is 40.6 Å². The minimum absolute atomic E-state index is 0.0188. The predicted molar refractivity (Wildman–Crippen MR) is 198 cm³/mol. The smallest absolute Gasteiger partial charge is 0.247 e. The Morgan fingerprint density at radius 3 is 2.43 bits per heavy atom. The first-order valence-corrected chi connectivity index (χ1v) is 15.5. The topological polar surface area (TPSA) is 191 Å². The van der Waals surface area contributed by atoms with Crippen LogP contribution in [0.1, 0.15) is 5.56 Å². The number of amides is 1.